The van der Waals surface area contributed by atoms with E-state index in [1.807, 2.05) is 17.0 Å². The number of likely N-dealkylation sites (tertiary alicyclic amines) is 1. The molecule has 1 fully saturated rings. The summed E-state index contributed by atoms with van der Waals surface area (Å²) >= 11 is 3.41. The second-order valence-electron chi connectivity index (χ2n) is 5.26. The zero-order chi connectivity index (χ0) is 13.8. The van der Waals surface area contributed by atoms with Crippen molar-refractivity contribution in [3.05, 3.63) is 22.8 Å². The molecular weight excluding hydrogens is 308 g/mol. The molecule has 1 aromatic rings. The summed E-state index contributed by atoms with van der Waals surface area (Å²) in [6.07, 6.45) is 3.23. The Hall–Kier alpha value is -1.10. The summed E-state index contributed by atoms with van der Waals surface area (Å²) < 4.78 is 6.69. The highest BCUT2D eigenvalue weighted by Crippen LogP contribution is 2.24. The monoisotopic (exact) mass is 326 g/mol. The minimum absolute atomic E-state index is 0.0438. The van der Waals surface area contributed by atoms with Gasteiger partial charge in [-0.15, -0.1) is 0 Å². The molecule has 1 aliphatic heterocycles. The lowest BCUT2D eigenvalue weighted by Gasteiger charge is -2.18. The second-order valence-corrected chi connectivity index (χ2v) is 6.11. The Kier molecular flexibility index (Phi) is 4.80. The summed E-state index contributed by atoms with van der Waals surface area (Å²) in [5, 5.41) is 0. The van der Waals surface area contributed by atoms with Crippen LogP contribution in [0.5, 0.6) is 5.88 Å². The zero-order valence-corrected chi connectivity index (χ0v) is 12.9. The topological polar surface area (TPSA) is 42.4 Å². The van der Waals surface area contributed by atoms with Gasteiger partial charge in [0.05, 0.1) is 11.0 Å². The molecule has 2 heterocycles. The van der Waals surface area contributed by atoms with E-state index in [0.717, 1.165) is 17.4 Å². The summed E-state index contributed by atoms with van der Waals surface area (Å²) in [7, 11) is 0. The van der Waals surface area contributed by atoms with E-state index in [-0.39, 0.29) is 12.0 Å². The van der Waals surface area contributed by atoms with E-state index < -0.39 is 0 Å². The van der Waals surface area contributed by atoms with E-state index in [9.17, 15) is 4.79 Å². The predicted molar refractivity (Wildman–Crippen MR) is 77.0 cm³/mol. The van der Waals surface area contributed by atoms with Crippen LogP contribution in [0.3, 0.4) is 0 Å². The molecule has 1 unspecified atom stereocenters. The molecule has 1 atom stereocenters. The molecule has 0 spiro atoms. The molecule has 0 N–H and O–H groups in total. The molecule has 2 rings (SSSR count). The molecule has 0 saturated carbocycles. The third-order valence-electron chi connectivity index (χ3n) is 3.08. The second kappa shape index (κ2) is 6.37. The van der Waals surface area contributed by atoms with Crippen LogP contribution in [0.1, 0.15) is 26.7 Å². The number of hydrogen-bond donors (Lipinski definition) is 0. The molecule has 1 aromatic heterocycles. The van der Waals surface area contributed by atoms with Gasteiger partial charge in [0.15, 0.2) is 0 Å². The first kappa shape index (κ1) is 14.3. The Morgan fingerprint density at radius 2 is 2.42 bits per heavy atom. The van der Waals surface area contributed by atoms with Crippen LogP contribution in [-0.4, -0.2) is 35.0 Å². The summed E-state index contributed by atoms with van der Waals surface area (Å²) in [6, 6.07) is 3.75. The Labute approximate surface area is 122 Å². The highest BCUT2D eigenvalue weighted by molar-refractivity contribution is 9.10. The highest BCUT2D eigenvalue weighted by atomic mass is 79.9. The fourth-order valence-electron chi connectivity index (χ4n) is 2.15. The molecule has 0 aromatic carbocycles. The first-order chi connectivity index (χ1) is 9.06. The zero-order valence-electron chi connectivity index (χ0n) is 11.3. The molecule has 0 bridgehead atoms. The van der Waals surface area contributed by atoms with Crippen LogP contribution in [-0.2, 0) is 4.79 Å². The molecule has 1 saturated heterocycles. The van der Waals surface area contributed by atoms with Gasteiger partial charge >= 0.3 is 0 Å². The number of nitrogens with zero attached hydrogens (tertiary/aromatic N) is 2. The van der Waals surface area contributed by atoms with E-state index in [0.29, 0.717) is 24.8 Å². The molecule has 4 nitrogen and oxygen atoms in total. The molecule has 0 aliphatic carbocycles. The van der Waals surface area contributed by atoms with Gasteiger partial charge in [0.25, 0.3) is 0 Å². The summed E-state index contributed by atoms with van der Waals surface area (Å²) in [4.78, 5) is 18.0. The van der Waals surface area contributed by atoms with Crippen LogP contribution in [0.2, 0.25) is 0 Å². The van der Waals surface area contributed by atoms with Gasteiger partial charge in [-0.3, -0.25) is 4.79 Å². The van der Waals surface area contributed by atoms with Crippen molar-refractivity contribution in [1.29, 1.82) is 0 Å². The van der Waals surface area contributed by atoms with E-state index in [1.165, 1.54) is 0 Å². The lowest BCUT2D eigenvalue weighted by molar-refractivity contribution is -0.131. The third-order valence-corrected chi connectivity index (χ3v) is 3.69. The van der Waals surface area contributed by atoms with E-state index in [2.05, 4.69) is 34.8 Å². The minimum atomic E-state index is 0.0438. The van der Waals surface area contributed by atoms with Gasteiger partial charge in [0.2, 0.25) is 11.8 Å². The van der Waals surface area contributed by atoms with Crippen molar-refractivity contribution in [2.45, 2.75) is 32.8 Å². The highest BCUT2D eigenvalue weighted by Gasteiger charge is 2.28. The molecule has 5 heteroatoms. The molecular formula is C14H19BrN2O2. The van der Waals surface area contributed by atoms with E-state index >= 15 is 0 Å². The molecule has 19 heavy (non-hydrogen) atoms. The van der Waals surface area contributed by atoms with Crippen molar-refractivity contribution in [1.82, 2.24) is 9.88 Å². The van der Waals surface area contributed by atoms with Gasteiger partial charge in [0.1, 0.15) is 6.10 Å². The molecule has 104 valence electrons. The number of hydrogen-bond acceptors (Lipinski definition) is 3. The van der Waals surface area contributed by atoms with Crippen LogP contribution in [0.15, 0.2) is 22.8 Å². The number of carbonyl (C=O) groups is 1. The standard InChI is InChI=1S/C14H19BrN2O2/c1-10(2)8-13(18)17-7-5-11(9-17)19-14-12(15)4-3-6-16-14/h3-4,6,10-11H,5,7-9H2,1-2H3. The smallest absolute Gasteiger partial charge is 0.228 e. The average molecular weight is 327 g/mol. The van der Waals surface area contributed by atoms with Crippen molar-refractivity contribution in [3.8, 4) is 5.88 Å². The number of amides is 1. The number of rotatable bonds is 4. The predicted octanol–water partition coefficient (Wildman–Crippen LogP) is 2.87. The van der Waals surface area contributed by atoms with Crippen LogP contribution >= 0.6 is 15.9 Å². The number of pyridine rings is 1. The van der Waals surface area contributed by atoms with Crippen LogP contribution in [0.4, 0.5) is 0 Å². The number of halogens is 1. The number of aromatic nitrogens is 1. The van der Waals surface area contributed by atoms with Crippen molar-refractivity contribution in [3.63, 3.8) is 0 Å². The fourth-order valence-corrected chi connectivity index (χ4v) is 2.49. The Morgan fingerprint density at radius 3 is 3.11 bits per heavy atom. The third kappa shape index (κ3) is 3.93. The maximum atomic E-state index is 12.0. The summed E-state index contributed by atoms with van der Waals surface area (Å²) in [5.74, 6) is 1.23. The first-order valence-corrected chi connectivity index (χ1v) is 7.40. The summed E-state index contributed by atoms with van der Waals surface area (Å²) in [6.45, 7) is 5.56. The van der Waals surface area contributed by atoms with Gasteiger partial charge in [-0.25, -0.2) is 4.98 Å². The van der Waals surface area contributed by atoms with Gasteiger partial charge in [-0.05, 0) is 34.0 Å². The average Bonchev–Trinajstić information content (AvgIpc) is 2.80. The lowest BCUT2D eigenvalue weighted by Crippen LogP contribution is -2.31. The largest absolute Gasteiger partial charge is 0.472 e. The number of carbonyl (C=O) groups excluding carboxylic acids is 1. The van der Waals surface area contributed by atoms with Crippen molar-refractivity contribution in [2.75, 3.05) is 13.1 Å². The van der Waals surface area contributed by atoms with Gasteiger partial charge in [0, 0.05) is 25.6 Å². The molecule has 1 amide bonds. The quantitative estimate of drug-likeness (QED) is 0.854. The molecule has 0 radical (unpaired) electrons. The van der Waals surface area contributed by atoms with Crippen LogP contribution < -0.4 is 4.74 Å². The normalized spacial score (nSPS) is 18.9. The fraction of sp³-hybridized carbons (Fsp3) is 0.571. The first-order valence-electron chi connectivity index (χ1n) is 6.61. The lowest BCUT2D eigenvalue weighted by atomic mass is 10.1. The molecule has 1 aliphatic rings. The number of ether oxygens (including phenoxy) is 1. The van der Waals surface area contributed by atoms with Crippen molar-refractivity contribution >= 4 is 21.8 Å². The Bertz CT molecular complexity index is 451. The van der Waals surface area contributed by atoms with E-state index in [1.54, 1.807) is 6.20 Å². The van der Waals surface area contributed by atoms with Crippen molar-refractivity contribution in [2.24, 2.45) is 5.92 Å². The maximum Gasteiger partial charge on any atom is 0.228 e. The Morgan fingerprint density at radius 1 is 1.63 bits per heavy atom. The van der Waals surface area contributed by atoms with Gasteiger partial charge in [-0.2, -0.15) is 0 Å². The van der Waals surface area contributed by atoms with Crippen LogP contribution in [0, 0.1) is 5.92 Å². The maximum absolute atomic E-state index is 12.0. The summed E-state index contributed by atoms with van der Waals surface area (Å²) in [5.41, 5.74) is 0. The van der Waals surface area contributed by atoms with Crippen molar-refractivity contribution < 1.29 is 9.53 Å². The van der Waals surface area contributed by atoms with Gasteiger partial charge in [-0.1, -0.05) is 13.8 Å². The SMILES string of the molecule is CC(C)CC(=O)N1CCC(Oc2ncccc2Br)C1. The van der Waals surface area contributed by atoms with E-state index in [4.69, 9.17) is 4.74 Å². The van der Waals surface area contributed by atoms with Crippen LogP contribution in [0.25, 0.3) is 0 Å². The minimum Gasteiger partial charge on any atom is -0.472 e. The van der Waals surface area contributed by atoms with Gasteiger partial charge < -0.3 is 9.64 Å². The Balaban J connectivity index is 1.89.